The fourth-order valence-electron chi connectivity index (χ4n) is 2.99. The van der Waals surface area contributed by atoms with Crippen molar-refractivity contribution in [2.24, 2.45) is 0 Å². The van der Waals surface area contributed by atoms with Gasteiger partial charge in [-0.05, 0) is 23.3 Å². The minimum atomic E-state index is -0.425. The summed E-state index contributed by atoms with van der Waals surface area (Å²) >= 11 is 3.39. The van der Waals surface area contributed by atoms with Crippen LogP contribution < -0.4 is 5.73 Å². The predicted octanol–water partition coefficient (Wildman–Crippen LogP) is 6.87. The summed E-state index contributed by atoms with van der Waals surface area (Å²) in [6.45, 7) is 0. The van der Waals surface area contributed by atoms with E-state index in [0.717, 1.165) is 21.2 Å². The maximum Gasteiger partial charge on any atom is 0.270 e. The monoisotopic (exact) mass is 491 g/mol. The number of hydrogen-bond donors (Lipinski definition) is 1. The third kappa shape index (κ3) is 5.55. The minimum absolute atomic E-state index is 0.0491. The highest BCUT2D eigenvalue weighted by Gasteiger charge is 2.11. The van der Waals surface area contributed by atoms with Crippen LogP contribution in [0.5, 0.6) is 0 Å². The van der Waals surface area contributed by atoms with Gasteiger partial charge >= 0.3 is 0 Å². The van der Waals surface area contributed by atoms with E-state index in [-0.39, 0.29) is 11.4 Å². The van der Waals surface area contributed by atoms with Crippen LogP contribution in [0, 0.1) is 20.2 Å². The lowest BCUT2D eigenvalue weighted by Crippen LogP contribution is -1.93. The lowest BCUT2D eigenvalue weighted by molar-refractivity contribution is -0.385. The molecule has 0 heterocycles. The summed E-state index contributed by atoms with van der Waals surface area (Å²) in [5.74, 6) is 0. The van der Waals surface area contributed by atoms with E-state index in [1.807, 2.05) is 60.7 Å². The zero-order valence-electron chi connectivity index (χ0n) is 16.7. The second-order valence-corrected chi connectivity index (χ2v) is 7.54. The molecule has 7 nitrogen and oxygen atoms in total. The third-order valence-corrected chi connectivity index (χ3v) is 5.27. The van der Waals surface area contributed by atoms with Gasteiger partial charge in [0.25, 0.3) is 11.4 Å². The third-order valence-electron chi connectivity index (χ3n) is 4.58. The first-order valence-corrected chi connectivity index (χ1v) is 10.2. The van der Waals surface area contributed by atoms with Crippen LogP contribution in [0.4, 0.5) is 17.1 Å². The zero-order valence-corrected chi connectivity index (χ0v) is 18.3. The van der Waals surface area contributed by atoms with E-state index < -0.39 is 9.85 Å². The summed E-state index contributed by atoms with van der Waals surface area (Å²) < 4.78 is 0.851. The van der Waals surface area contributed by atoms with Gasteiger partial charge in [0.15, 0.2) is 0 Å². The number of rotatable bonds is 4. The molecular weight excluding hydrogens is 474 g/mol. The summed E-state index contributed by atoms with van der Waals surface area (Å²) in [6.07, 6.45) is 0. The van der Waals surface area contributed by atoms with Crippen molar-refractivity contribution in [3.8, 4) is 22.3 Å². The molecule has 0 saturated carbocycles. The molecule has 0 unspecified atom stereocenters. The molecule has 4 rings (SSSR count). The molecule has 0 aliphatic rings. The van der Waals surface area contributed by atoms with E-state index in [4.69, 9.17) is 5.73 Å². The Kier molecular flexibility index (Phi) is 7.30. The first-order valence-electron chi connectivity index (χ1n) is 9.45. The smallest absolute Gasteiger partial charge is 0.270 e. The molecule has 0 amide bonds. The second kappa shape index (κ2) is 10.3. The number of benzene rings is 4. The van der Waals surface area contributed by atoms with Crippen LogP contribution in [0.2, 0.25) is 0 Å². The number of nitro benzene ring substituents is 2. The van der Waals surface area contributed by atoms with Crippen molar-refractivity contribution in [3.63, 3.8) is 0 Å². The van der Waals surface area contributed by atoms with Crippen LogP contribution >= 0.6 is 15.9 Å². The number of hydrogen-bond acceptors (Lipinski definition) is 5. The van der Waals surface area contributed by atoms with Crippen LogP contribution in [0.3, 0.4) is 0 Å². The average molecular weight is 492 g/mol. The quantitative estimate of drug-likeness (QED) is 0.190. The van der Waals surface area contributed by atoms with Crippen molar-refractivity contribution >= 4 is 33.0 Å². The first kappa shape index (κ1) is 22.6. The van der Waals surface area contributed by atoms with E-state index in [1.165, 1.54) is 18.2 Å². The van der Waals surface area contributed by atoms with Gasteiger partial charge < -0.3 is 5.73 Å². The van der Waals surface area contributed by atoms with E-state index in [1.54, 1.807) is 18.2 Å². The summed E-state index contributed by atoms with van der Waals surface area (Å²) in [7, 11) is 0. The van der Waals surface area contributed by atoms with Crippen molar-refractivity contribution in [1.82, 2.24) is 0 Å². The molecule has 4 aromatic rings. The van der Waals surface area contributed by atoms with Gasteiger partial charge in [-0.15, -0.1) is 0 Å². The molecule has 0 saturated heterocycles. The van der Waals surface area contributed by atoms with E-state index in [2.05, 4.69) is 15.9 Å². The Morgan fingerprint density at radius 3 is 1.56 bits per heavy atom. The van der Waals surface area contributed by atoms with E-state index in [0.29, 0.717) is 11.3 Å². The van der Waals surface area contributed by atoms with Crippen molar-refractivity contribution in [3.05, 3.63) is 122 Å². The Morgan fingerprint density at radius 1 is 0.625 bits per heavy atom. The number of nitrogens with two attached hydrogens (primary N) is 1. The molecule has 0 aliphatic heterocycles. The number of nitrogens with zero attached hydrogens (tertiary/aromatic N) is 2. The Morgan fingerprint density at radius 2 is 1.06 bits per heavy atom. The van der Waals surface area contributed by atoms with Crippen LogP contribution in [-0.2, 0) is 0 Å². The number of anilines is 1. The highest BCUT2D eigenvalue weighted by Crippen LogP contribution is 2.31. The zero-order chi connectivity index (χ0) is 23.1. The molecule has 8 heteroatoms. The molecule has 160 valence electrons. The summed E-state index contributed by atoms with van der Waals surface area (Å²) in [4.78, 5) is 20.5. The standard InChI is InChI=1S/C12H8BrNO2.C12H10N2O2/c2*13-12-7-6-10(14(15)16)8-11(12)9-4-2-1-3-5-9/h1-8H;1-8H,13H2. The minimum Gasteiger partial charge on any atom is -0.398 e. The van der Waals surface area contributed by atoms with Gasteiger partial charge in [-0.1, -0.05) is 76.6 Å². The molecule has 0 fully saturated rings. The maximum atomic E-state index is 10.7. The molecule has 0 bridgehead atoms. The van der Waals surface area contributed by atoms with Crippen molar-refractivity contribution < 1.29 is 9.85 Å². The molecule has 2 N–H and O–H groups in total. The fourth-order valence-corrected chi connectivity index (χ4v) is 3.47. The Labute approximate surface area is 192 Å². The van der Waals surface area contributed by atoms with Crippen LogP contribution in [0.25, 0.3) is 22.3 Å². The van der Waals surface area contributed by atoms with Gasteiger partial charge in [-0.3, -0.25) is 20.2 Å². The molecule has 0 aliphatic carbocycles. The highest BCUT2D eigenvalue weighted by molar-refractivity contribution is 9.10. The van der Waals surface area contributed by atoms with Crippen LogP contribution in [-0.4, -0.2) is 9.85 Å². The average Bonchev–Trinajstić information content (AvgIpc) is 2.81. The predicted molar refractivity (Wildman–Crippen MR) is 129 cm³/mol. The normalized spacial score (nSPS) is 10.0. The summed E-state index contributed by atoms with van der Waals surface area (Å²) in [6, 6.07) is 28.1. The number of nitro groups is 2. The van der Waals surface area contributed by atoms with E-state index >= 15 is 0 Å². The molecule has 0 spiro atoms. The number of halogens is 1. The lowest BCUT2D eigenvalue weighted by Gasteiger charge is -2.05. The van der Waals surface area contributed by atoms with Crippen molar-refractivity contribution in [2.45, 2.75) is 0 Å². The van der Waals surface area contributed by atoms with Crippen LogP contribution in [0.1, 0.15) is 0 Å². The number of non-ortho nitro benzene ring substituents is 2. The number of nitrogen functional groups attached to an aromatic ring is 1. The maximum absolute atomic E-state index is 10.7. The van der Waals surface area contributed by atoms with Crippen molar-refractivity contribution in [1.29, 1.82) is 0 Å². The Balaban J connectivity index is 0.000000181. The fraction of sp³-hybridized carbons (Fsp3) is 0. The molecule has 4 aromatic carbocycles. The van der Waals surface area contributed by atoms with Gasteiger partial charge in [0.2, 0.25) is 0 Å². The molecule has 32 heavy (non-hydrogen) atoms. The summed E-state index contributed by atoms with van der Waals surface area (Å²) in [5, 5.41) is 21.3. The Hall–Kier alpha value is -4.04. The SMILES string of the molecule is Nc1ccc([N+](=O)[O-])cc1-c1ccccc1.O=[N+]([O-])c1ccc(Br)c(-c2ccccc2)c1. The molecule has 0 radical (unpaired) electrons. The molecular formula is C24H18BrN3O4. The summed E-state index contributed by atoms with van der Waals surface area (Å²) in [5.41, 5.74) is 9.84. The van der Waals surface area contributed by atoms with Gasteiger partial charge in [0.05, 0.1) is 9.85 Å². The second-order valence-electron chi connectivity index (χ2n) is 6.68. The van der Waals surface area contributed by atoms with Gasteiger partial charge in [0.1, 0.15) is 0 Å². The van der Waals surface area contributed by atoms with Gasteiger partial charge in [-0.2, -0.15) is 0 Å². The topological polar surface area (TPSA) is 112 Å². The molecule has 0 aromatic heterocycles. The highest BCUT2D eigenvalue weighted by atomic mass is 79.9. The van der Waals surface area contributed by atoms with Gasteiger partial charge in [0, 0.05) is 45.6 Å². The Bertz CT molecular complexity index is 1150. The molecule has 0 atom stereocenters. The van der Waals surface area contributed by atoms with Crippen LogP contribution in [0.15, 0.2) is 102 Å². The van der Waals surface area contributed by atoms with Gasteiger partial charge in [-0.25, -0.2) is 0 Å². The first-order chi connectivity index (χ1) is 15.4. The van der Waals surface area contributed by atoms with E-state index in [9.17, 15) is 20.2 Å². The largest absolute Gasteiger partial charge is 0.398 e. The lowest BCUT2D eigenvalue weighted by atomic mass is 10.0. The van der Waals surface area contributed by atoms with Crippen molar-refractivity contribution in [2.75, 3.05) is 5.73 Å².